The van der Waals surface area contributed by atoms with Crippen molar-refractivity contribution in [2.24, 2.45) is 5.10 Å². The van der Waals surface area contributed by atoms with Crippen molar-refractivity contribution in [3.63, 3.8) is 0 Å². The summed E-state index contributed by atoms with van der Waals surface area (Å²) in [4.78, 5) is 16.8. The van der Waals surface area contributed by atoms with Crippen molar-refractivity contribution < 1.29 is 13.9 Å². The van der Waals surface area contributed by atoms with Crippen molar-refractivity contribution in [2.75, 3.05) is 41.1 Å². The van der Waals surface area contributed by atoms with Crippen molar-refractivity contribution in [2.45, 2.75) is 13.1 Å². The molecule has 3 aromatic rings. The van der Waals surface area contributed by atoms with E-state index >= 15 is 0 Å². The summed E-state index contributed by atoms with van der Waals surface area (Å²) in [5, 5.41) is 7.12. The van der Waals surface area contributed by atoms with Crippen molar-refractivity contribution in [1.82, 2.24) is 0 Å². The summed E-state index contributed by atoms with van der Waals surface area (Å²) in [6, 6.07) is 21.7. The molecule has 1 saturated heterocycles. The summed E-state index contributed by atoms with van der Waals surface area (Å²) in [7, 11) is 0. The number of hydrogen-bond donors (Lipinski definition) is 0. The summed E-state index contributed by atoms with van der Waals surface area (Å²) in [6.07, 6.45) is -0.440. The predicted molar refractivity (Wildman–Crippen MR) is 133 cm³/mol. The van der Waals surface area contributed by atoms with E-state index in [9.17, 15) is 9.18 Å². The van der Waals surface area contributed by atoms with Crippen LogP contribution in [0.4, 0.5) is 21.5 Å². The Bertz CT molecular complexity index is 1190. The second-order valence-corrected chi connectivity index (χ2v) is 8.65. The van der Waals surface area contributed by atoms with Gasteiger partial charge in [-0.15, -0.1) is 5.10 Å². The minimum Gasteiger partial charge on any atom is -0.378 e. The number of ether oxygens (including phenoxy) is 1. The van der Waals surface area contributed by atoms with Crippen LogP contribution in [0.15, 0.2) is 77.9 Å². The Labute approximate surface area is 202 Å². The first-order chi connectivity index (χ1) is 16.5. The summed E-state index contributed by atoms with van der Waals surface area (Å²) < 4.78 is 19.2. The number of ketones is 1. The number of benzene rings is 3. The largest absolute Gasteiger partial charge is 0.378 e. The quantitative estimate of drug-likeness (QED) is 0.501. The molecule has 0 radical (unpaired) electrons. The molecule has 2 heterocycles. The Morgan fingerprint density at radius 2 is 1.50 bits per heavy atom. The molecule has 0 amide bonds. The smallest absolute Gasteiger partial charge is 0.198 e. The highest BCUT2D eigenvalue weighted by molar-refractivity contribution is 6.44. The molecule has 2 aliphatic heterocycles. The zero-order chi connectivity index (χ0) is 23.7. The molecule has 6 nitrogen and oxygen atoms in total. The van der Waals surface area contributed by atoms with E-state index in [1.165, 1.54) is 19.1 Å². The maximum Gasteiger partial charge on any atom is 0.198 e. The lowest BCUT2D eigenvalue weighted by molar-refractivity contribution is -0.111. The number of rotatable bonds is 5. The van der Waals surface area contributed by atoms with Gasteiger partial charge in [0, 0.05) is 36.4 Å². The van der Waals surface area contributed by atoms with Crippen LogP contribution in [0, 0.1) is 5.82 Å². The molecule has 3 aromatic carbocycles. The number of nitrogens with zero attached hydrogens (tertiary/aromatic N) is 4. The SMILES string of the molecule is CC(=O)C1=NN(c2ccc(Cl)cc2)[C@@H](c2ccc(N3CCOCC3)cc2)N1c1ccc(F)cc1. The van der Waals surface area contributed by atoms with Crippen LogP contribution in [-0.4, -0.2) is 37.9 Å². The van der Waals surface area contributed by atoms with Gasteiger partial charge >= 0.3 is 0 Å². The van der Waals surface area contributed by atoms with E-state index in [-0.39, 0.29) is 17.4 Å². The highest BCUT2D eigenvalue weighted by atomic mass is 35.5. The van der Waals surface area contributed by atoms with Crippen LogP contribution in [0.2, 0.25) is 5.02 Å². The number of carbonyl (C=O) groups excluding carboxylic acids is 1. The van der Waals surface area contributed by atoms with E-state index < -0.39 is 6.17 Å². The van der Waals surface area contributed by atoms with E-state index in [1.54, 1.807) is 29.3 Å². The van der Waals surface area contributed by atoms with Gasteiger partial charge in [0.05, 0.1) is 18.9 Å². The third-order valence-corrected chi connectivity index (χ3v) is 6.24. The Morgan fingerprint density at radius 1 is 0.912 bits per heavy atom. The molecule has 174 valence electrons. The number of carbonyl (C=O) groups is 1. The van der Waals surface area contributed by atoms with Gasteiger partial charge in [-0.2, -0.15) is 0 Å². The molecule has 34 heavy (non-hydrogen) atoms. The Morgan fingerprint density at radius 3 is 2.12 bits per heavy atom. The van der Waals surface area contributed by atoms with Crippen LogP contribution in [0.1, 0.15) is 18.7 Å². The number of Topliss-reactive ketones (excluding diaryl/α,β-unsaturated/α-hetero) is 1. The normalized spacial score (nSPS) is 18.3. The van der Waals surface area contributed by atoms with Gasteiger partial charge < -0.3 is 9.64 Å². The maximum atomic E-state index is 13.7. The lowest BCUT2D eigenvalue weighted by atomic mass is 10.1. The molecule has 0 aliphatic carbocycles. The fourth-order valence-corrected chi connectivity index (χ4v) is 4.42. The topological polar surface area (TPSA) is 48.4 Å². The van der Waals surface area contributed by atoms with E-state index in [1.807, 2.05) is 29.2 Å². The van der Waals surface area contributed by atoms with Crippen molar-refractivity contribution in [3.8, 4) is 0 Å². The van der Waals surface area contributed by atoms with Crippen LogP contribution < -0.4 is 14.8 Å². The molecule has 0 N–H and O–H groups in total. The lowest BCUT2D eigenvalue weighted by Crippen LogP contribution is -2.38. The van der Waals surface area contributed by atoms with E-state index in [0.29, 0.717) is 23.9 Å². The lowest BCUT2D eigenvalue weighted by Gasteiger charge is -2.33. The van der Waals surface area contributed by atoms with Crippen molar-refractivity contribution >= 4 is 40.3 Å². The molecule has 0 spiro atoms. The van der Waals surface area contributed by atoms with Gasteiger partial charge in [0.25, 0.3) is 0 Å². The zero-order valence-electron chi connectivity index (χ0n) is 18.7. The highest BCUT2D eigenvalue weighted by Gasteiger charge is 2.39. The first-order valence-electron chi connectivity index (χ1n) is 11.1. The van der Waals surface area contributed by atoms with Gasteiger partial charge in [0.1, 0.15) is 5.82 Å². The Hall–Kier alpha value is -3.42. The number of halogens is 2. The molecule has 2 aliphatic rings. The first kappa shape index (κ1) is 22.4. The van der Waals surface area contributed by atoms with Crippen LogP contribution >= 0.6 is 11.6 Å². The van der Waals surface area contributed by atoms with E-state index in [0.717, 1.165) is 30.0 Å². The van der Waals surface area contributed by atoms with Gasteiger partial charge in [-0.25, -0.2) is 9.40 Å². The molecular formula is C26H24ClFN4O2. The zero-order valence-corrected chi connectivity index (χ0v) is 19.5. The van der Waals surface area contributed by atoms with E-state index in [2.05, 4.69) is 17.0 Å². The van der Waals surface area contributed by atoms with Crippen LogP contribution in [0.5, 0.6) is 0 Å². The molecule has 1 fully saturated rings. The third-order valence-electron chi connectivity index (χ3n) is 5.99. The second kappa shape index (κ2) is 9.44. The summed E-state index contributed by atoms with van der Waals surface area (Å²) >= 11 is 6.11. The molecular weight excluding hydrogens is 455 g/mol. The average molecular weight is 479 g/mol. The first-order valence-corrected chi connectivity index (χ1v) is 11.5. The van der Waals surface area contributed by atoms with Crippen molar-refractivity contribution in [1.29, 1.82) is 0 Å². The fraction of sp³-hybridized carbons (Fsp3) is 0.231. The number of anilines is 3. The summed E-state index contributed by atoms with van der Waals surface area (Å²) in [6.45, 7) is 4.60. The van der Waals surface area contributed by atoms with Gasteiger partial charge in [-0.3, -0.25) is 9.69 Å². The van der Waals surface area contributed by atoms with Gasteiger partial charge in [-0.05, 0) is 66.2 Å². The van der Waals surface area contributed by atoms with E-state index in [4.69, 9.17) is 21.4 Å². The number of amidine groups is 1. The van der Waals surface area contributed by atoms with Crippen LogP contribution in [-0.2, 0) is 9.53 Å². The van der Waals surface area contributed by atoms with Gasteiger partial charge in [0.15, 0.2) is 17.8 Å². The van der Waals surface area contributed by atoms with Crippen LogP contribution in [0.3, 0.4) is 0 Å². The average Bonchev–Trinajstić information content (AvgIpc) is 3.27. The fourth-order valence-electron chi connectivity index (χ4n) is 4.30. The maximum absolute atomic E-state index is 13.7. The predicted octanol–water partition coefficient (Wildman–Crippen LogP) is 5.24. The minimum absolute atomic E-state index is 0.185. The number of morpholine rings is 1. The number of hydrazone groups is 1. The molecule has 5 rings (SSSR count). The molecule has 0 bridgehead atoms. The number of hydrogen-bond acceptors (Lipinski definition) is 6. The minimum atomic E-state index is -0.440. The molecule has 1 atom stereocenters. The monoisotopic (exact) mass is 478 g/mol. The Balaban J connectivity index is 1.58. The molecule has 8 heteroatoms. The molecule has 0 aromatic heterocycles. The van der Waals surface area contributed by atoms with Crippen LogP contribution in [0.25, 0.3) is 0 Å². The summed E-state index contributed by atoms with van der Waals surface area (Å²) in [5.41, 5.74) is 3.52. The third kappa shape index (κ3) is 4.36. The highest BCUT2D eigenvalue weighted by Crippen LogP contribution is 2.39. The second-order valence-electron chi connectivity index (χ2n) is 8.21. The Kier molecular flexibility index (Phi) is 6.22. The standard InChI is InChI=1S/C26H24ClFN4O2/c1-18(33)25-29-32(24-10-4-20(27)5-11-24)26(31(25)23-12-6-21(28)7-13-23)19-2-8-22(9-3-19)30-14-16-34-17-15-30/h2-13,26H,14-17H2,1H3/t26-/m0/s1. The molecule has 0 saturated carbocycles. The van der Waals surface area contributed by atoms with Gasteiger partial charge in [-0.1, -0.05) is 23.7 Å². The van der Waals surface area contributed by atoms with Crippen molar-refractivity contribution in [3.05, 3.63) is 89.2 Å². The summed E-state index contributed by atoms with van der Waals surface area (Å²) in [5.74, 6) is -0.246. The molecule has 0 unspecified atom stereocenters. The van der Waals surface area contributed by atoms with Gasteiger partial charge in [0.2, 0.25) is 0 Å².